The van der Waals surface area contributed by atoms with Gasteiger partial charge in [0.05, 0.1) is 6.42 Å². The Morgan fingerprint density at radius 1 is 1.54 bits per heavy atom. The SMILES string of the molecule is Cc1ccc(C(C)(C)CC(=O)O)o1. The second-order valence-corrected chi connectivity index (χ2v) is 3.86. The summed E-state index contributed by atoms with van der Waals surface area (Å²) >= 11 is 0. The molecule has 3 nitrogen and oxygen atoms in total. The standard InChI is InChI=1S/C10H14O3/c1-7-4-5-8(13-7)10(2,3)6-9(11)12/h4-5H,6H2,1-3H3,(H,11,12). The van der Waals surface area contributed by atoms with E-state index in [4.69, 9.17) is 9.52 Å². The Bertz CT molecular complexity index is 310. The summed E-state index contributed by atoms with van der Waals surface area (Å²) in [6, 6.07) is 3.68. The van der Waals surface area contributed by atoms with Crippen LogP contribution < -0.4 is 0 Å². The topological polar surface area (TPSA) is 50.4 Å². The van der Waals surface area contributed by atoms with E-state index in [-0.39, 0.29) is 6.42 Å². The van der Waals surface area contributed by atoms with Gasteiger partial charge in [-0.2, -0.15) is 0 Å². The average molecular weight is 182 g/mol. The quantitative estimate of drug-likeness (QED) is 0.780. The van der Waals surface area contributed by atoms with Crippen molar-refractivity contribution in [1.82, 2.24) is 0 Å². The first-order chi connectivity index (χ1) is 5.92. The van der Waals surface area contributed by atoms with Crippen LogP contribution in [0.3, 0.4) is 0 Å². The predicted molar refractivity (Wildman–Crippen MR) is 48.7 cm³/mol. The molecule has 1 aromatic rings. The Balaban J connectivity index is 2.86. The minimum atomic E-state index is -0.806. The van der Waals surface area contributed by atoms with Crippen LogP contribution in [0, 0.1) is 6.92 Å². The Hall–Kier alpha value is -1.25. The highest BCUT2D eigenvalue weighted by Crippen LogP contribution is 2.28. The summed E-state index contributed by atoms with van der Waals surface area (Å²) in [4.78, 5) is 10.6. The van der Waals surface area contributed by atoms with Crippen molar-refractivity contribution < 1.29 is 14.3 Å². The van der Waals surface area contributed by atoms with Gasteiger partial charge in [-0.25, -0.2) is 0 Å². The first-order valence-electron chi connectivity index (χ1n) is 4.20. The third-order valence-electron chi connectivity index (χ3n) is 2.00. The van der Waals surface area contributed by atoms with E-state index in [0.29, 0.717) is 0 Å². The smallest absolute Gasteiger partial charge is 0.304 e. The first kappa shape index (κ1) is 9.84. The van der Waals surface area contributed by atoms with E-state index < -0.39 is 11.4 Å². The van der Waals surface area contributed by atoms with Crippen molar-refractivity contribution in [2.75, 3.05) is 0 Å². The lowest BCUT2D eigenvalue weighted by atomic mass is 9.87. The van der Waals surface area contributed by atoms with Gasteiger partial charge in [0.1, 0.15) is 11.5 Å². The molecule has 1 N–H and O–H groups in total. The number of hydrogen-bond acceptors (Lipinski definition) is 2. The molecule has 0 unspecified atom stereocenters. The number of carboxylic acids is 1. The van der Waals surface area contributed by atoms with Crippen molar-refractivity contribution in [3.63, 3.8) is 0 Å². The lowest BCUT2D eigenvalue weighted by Crippen LogP contribution is -2.20. The van der Waals surface area contributed by atoms with E-state index in [0.717, 1.165) is 11.5 Å². The zero-order chi connectivity index (χ0) is 10.1. The lowest BCUT2D eigenvalue weighted by molar-refractivity contribution is -0.138. The van der Waals surface area contributed by atoms with Crippen LogP contribution in [-0.4, -0.2) is 11.1 Å². The van der Waals surface area contributed by atoms with E-state index >= 15 is 0 Å². The van der Waals surface area contributed by atoms with E-state index in [2.05, 4.69) is 0 Å². The molecule has 0 aliphatic rings. The minimum Gasteiger partial charge on any atom is -0.481 e. The Morgan fingerprint density at radius 2 is 2.15 bits per heavy atom. The van der Waals surface area contributed by atoms with Crippen molar-refractivity contribution >= 4 is 5.97 Å². The molecule has 1 heterocycles. The summed E-state index contributed by atoms with van der Waals surface area (Å²) in [5, 5.41) is 8.68. The van der Waals surface area contributed by atoms with E-state index in [1.54, 1.807) is 0 Å². The molecule has 0 aromatic carbocycles. The molecule has 0 amide bonds. The first-order valence-corrected chi connectivity index (χ1v) is 4.20. The van der Waals surface area contributed by atoms with Gasteiger partial charge in [-0.1, -0.05) is 13.8 Å². The van der Waals surface area contributed by atoms with Crippen molar-refractivity contribution in [2.45, 2.75) is 32.6 Å². The Kier molecular flexibility index (Phi) is 2.45. The molecular weight excluding hydrogens is 168 g/mol. The Labute approximate surface area is 77.4 Å². The van der Waals surface area contributed by atoms with Crippen molar-refractivity contribution in [3.8, 4) is 0 Å². The molecule has 0 radical (unpaired) electrons. The van der Waals surface area contributed by atoms with Crippen molar-refractivity contribution in [2.24, 2.45) is 0 Å². The zero-order valence-electron chi connectivity index (χ0n) is 8.13. The molecule has 1 rings (SSSR count). The monoisotopic (exact) mass is 182 g/mol. The largest absolute Gasteiger partial charge is 0.481 e. The Morgan fingerprint density at radius 3 is 2.54 bits per heavy atom. The fourth-order valence-electron chi connectivity index (χ4n) is 1.26. The molecule has 1 aromatic heterocycles. The predicted octanol–water partition coefficient (Wildman–Crippen LogP) is 2.34. The van der Waals surface area contributed by atoms with Gasteiger partial charge in [-0.3, -0.25) is 4.79 Å². The highest BCUT2D eigenvalue weighted by Gasteiger charge is 2.27. The maximum absolute atomic E-state index is 10.6. The average Bonchev–Trinajstić information content (AvgIpc) is 2.32. The van der Waals surface area contributed by atoms with E-state index in [1.807, 2.05) is 32.9 Å². The van der Waals surface area contributed by atoms with Crippen molar-refractivity contribution in [1.29, 1.82) is 0 Å². The van der Waals surface area contributed by atoms with Crippen LogP contribution in [0.25, 0.3) is 0 Å². The molecule has 0 fully saturated rings. The minimum absolute atomic E-state index is 0.0833. The summed E-state index contributed by atoms with van der Waals surface area (Å²) in [5.74, 6) is 0.736. The second kappa shape index (κ2) is 3.24. The molecule has 3 heteroatoms. The number of hydrogen-bond donors (Lipinski definition) is 1. The molecule has 72 valence electrons. The summed E-state index contributed by atoms with van der Waals surface area (Å²) in [7, 11) is 0. The summed E-state index contributed by atoms with van der Waals surface area (Å²) < 4.78 is 5.39. The van der Waals surface area contributed by atoms with Crippen LogP contribution in [0.4, 0.5) is 0 Å². The van der Waals surface area contributed by atoms with Gasteiger partial charge in [-0.05, 0) is 19.1 Å². The summed E-state index contributed by atoms with van der Waals surface area (Å²) in [6.45, 7) is 5.57. The molecule has 13 heavy (non-hydrogen) atoms. The number of carbonyl (C=O) groups is 1. The molecular formula is C10H14O3. The van der Waals surface area contributed by atoms with Gasteiger partial charge in [0.25, 0.3) is 0 Å². The number of aliphatic carboxylic acids is 1. The third kappa shape index (κ3) is 2.34. The van der Waals surface area contributed by atoms with Crippen LogP contribution in [0.15, 0.2) is 16.5 Å². The van der Waals surface area contributed by atoms with Gasteiger partial charge in [0.15, 0.2) is 0 Å². The molecule has 0 aliphatic heterocycles. The van der Waals surface area contributed by atoms with Crippen LogP contribution in [0.1, 0.15) is 31.8 Å². The van der Waals surface area contributed by atoms with E-state index in [1.165, 1.54) is 0 Å². The molecule has 0 spiro atoms. The van der Waals surface area contributed by atoms with E-state index in [9.17, 15) is 4.79 Å². The molecule has 0 saturated heterocycles. The van der Waals surface area contributed by atoms with Gasteiger partial charge in [0.2, 0.25) is 0 Å². The fourth-order valence-corrected chi connectivity index (χ4v) is 1.26. The highest BCUT2D eigenvalue weighted by atomic mass is 16.4. The number of furan rings is 1. The second-order valence-electron chi connectivity index (χ2n) is 3.86. The van der Waals surface area contributed by atoms with Gasteiger partial charge >= 0.3 is 5.97 Å². The number of rotatable bonds is 3. The van der Waals surface area contributed by atoms with Crippen molar-refractivity contribution in [3.05, 3.63) is 23.7 Å². The third-order valence-corrected chi connectivity index (χ3v) is 2.00. The van der Waals surface area contributed by atoms with Crippen LogP contribution in [0.5, 0.6) is 0 Å². The van der Waals surface area contributed by atoms with Crippen LogP contribution >= 0.6 is 0 Å². The zero-order valence-corrected chi connectivity index (χ0v) is 8.13. The molecule has 0 atom stereocenters. The van der Waals surface area contributed by atoms with Gasteiger partial charge in [0, 0.05) is 5.41 Å². The fraction of sp³-hybridized carbons (Fsp3) is 0.500. The van der Waals surface area contributed by atoms with Gasteiger partial charge in [-0.15, -0.1) is 0 Å². The molecule has 0 saturated carbocycles. The summed E-state index contributed by atoms with van der Waals surface area (Å²) in [5.41, 5.74) is -0.430. The highest BCUT2D eigenvalue weighted by molar-refractivity contribution is 5.68. The molecule has 0 aliphatic carbocycles. The van der Waals surface area contributed by atoms with Crippen LogP contribution in [-0.2, 0) is 10.2 Å². The lowest BCUT2D eigenvalue weighted by Gasteiger charge is -2.18. The maximum atomic E-state index is 10.6. The normalized spacial score (nSPS) is 11.6. The summed E-state index contributed by atoms with van der Waals surface area (Å²) in [6.07, 6.45) is 0.0833. The number of carboxylic acid groups (broad SMARTS) is 1. The molecule has 0 bridgehead atoms. The van der Waals surface area contributed by atoms with Crippen LogP contribution in [0.2, 0.25) is 0 Å². The maximum Gasteiger partial charge on any atom is 0.304 e. The number of aryl methyl sites for hydroxylation is 1. The van der Waals surface area contributed by atoms with Gasteiger partial charge < -0.3 is 9.52 Å².